The number of benzene rings is 2. The number of aromatic nitrogens is 1. The zero-order valence-electron chi connectivity index (χ0n) is 20.0. The molecule has 3 rings (SSSR count). The van der Waals surface area contributed by atoms with Crippen molar-refractivity contribution >= 4 is 18.0 Å². The van der Waals surface area contributed by atoms with Crippen molar-refractivity contribution in [2.24, 2.45) is 0 Å². The Balaban J connectivity index is 1.69. The molecule has 0 spiro atoms. The molecule has 0 N–H and O–H groups in total. The molecular formula is C27H26FN3O4. The number of aryl methyl sites for hydroxylation is 1. The third kappa shape index (κ3) is 6.15. The first-order chi connectivity index (χ1) is 16.7. The number of halogens is 1. The number of amides is 1. The molecule has 180 valence electrons. The minimum absolute atomic E-state index is 0.159. The lowest BCUT2D eigenvalue weighted by atomic mass is 10.1. The minimum atomic E-state index is -0.894. The van der Waals surface area contributed by atoms with E-state index < -0.39 is 24.3 Å². The number of nitrogens with zero attached hydrogens (tertiary/aromatic N) is 3. The summed E-state index contributed by atoms with van der Waals surface area (Å²) >= 11 is 0. The Bertz CT molecular complexity index is 1300. The van der Waals surface area contributed by atoms with Crippen LogP contribution in [0.4, 0.5) is 4.39 Å². The van der Waals surface area contributed by atoms with E-state index in [0.717, 1.165) is 22.8 Å². The maximum Gasteiger partial charge on any atom is 0.349 e. The molecular weight excluding hydrogens is 449 g/mol. The van der Waals surface area contributed by atoms with Crippen LogP contribution in [-0.2, 0) is 20.9 Å². The van der Waals surface area contributed by atoms with Gasteiger partial charge < -0.3 is 18.9 Å². The van der Waals surface area contributed by atoms with Crippen molar-refractivity contribution in [3.05, 3.63) is 88.5 Å². The van der Waals surface area contributed by atoms with Gasteiger partial charge in [0.15, 0.2) is 6.61 Å². The smallest absolute Gasteiger partial charge is 0.349 e. The van der Waals surface area contributed by atoms with Gasteiger partial charge in [-0.3, -0.25) is 4.79 Å². The van der Waals surface area contributed by atoms with Gasteiger partial charge in [-0.1, -0.05) is 12.1 Å². The lowest BCUT2D eigenvalue weighted by molar-refractivity contribution is -0.148. The van der Waals surface area contributed by atoms with E-state index in [0.29, 0.717) is 11.1 Å². The van der Waals surface area contributed by atoms with Crippen molar-refractivity contribution in [3.63, 3.8) is 0 Å². The van der Waals surface area contributed by atoms with E-state index in [-0.39, 0.29) is 12.1 Å². The van der Waals surface area contributed by atoms with Gasteiger partial charge in [-0.25, -0.2) is 9.18 Å². The minimum Gasteiger partial charge on any atom is -0.497 e. The Kier molecular flexibility index (Phi) is 8.05. The van der Waals surface area contributed by atoms with Gasteiger partial charge in [-0.2, -0.15) is 5.26 Å². The van der Waals surface area contributed by atoms with Gasteiger partial charge in [0.2, 0.25) is 0 Å². The second-order valence-corrected chi connectivity index (χ2v) is 7.99. The number of ether oxygens (including phenoxy) is 2. The molecule has 1 amide bonds. The first-order valence-corrected chi connectivity index (χ1v) is 10.8. The zero-order chi connectivity index (χ0) is 25.5. The number of methoxy groups -OCH3 is 1. The van der Waals surface area contributed by atoms with Crippen molar-refractivity contribution in [2.75, 3.05) is 20.8 Å². The largest absolute Gasteiger partial charge is 0.497 e. The van der Waals surface area contributed by atoms with Crippen LogP contribution in [0.25, 0.3) is 11.8 Å². The Hall–Kier alpha value is -4.38. The van der Waals surface area contributed by atoms with E-state index in [9.17, 15) is 19.2 Å². The molecule has 0 radical (unpaired) electrons. The van der Waals surface area contributed by atoms with Gasteiger partial charge in [-0.05, 0) is 73.5 Å². The summed E-state index contributed by atoms with van der Waals surface area (Å²) in [4.78, 5) is 26.2. The first-order valence-electron chi connectivity index (χ1n) is 10.8. The lowest BCUT2D eigenvalue weighted by Crippen LogP contribution is -2.31. The van der Waals surface area contributed by atoms with Crippen LogP contribution < -0.4 is 4.74 Å². The SMILES string of the molecule is COc1ccc(-n2c(C)cc(/C=C(\C#N)C(=O)OCC(=O)N(C)Cc3cccc(F)c3)c2C)cc1. The van der Waals surface area contributed by atoms with Crippen LogP contribution in [0.15, 0.2) is 60.2 Å². The first kappa shape index (κ1) is 25.2. The number of carbonyl (C=O) groups excluding carboxylic acids is 2. The van der Waals surface area contributed by atoms with Crippen molar-refractivity contribution in [2.45, 2.75) is 20.4 Å². The molecule has 0 bridgehead atoms. The fraction of sp³-hybridized carbons (Fsp3) is 0.222. The monoisotopic (exact) mass is 475 g/mol. The fourth-order valence-corrected chi connectivity index (χ4v) is 3.67. The molecule has 2 aromatic carbocycles. The third-order valence-electron chi connectivity index (χ3n) is 5.50. The average molecular weight is 476 g/mol. The quantitative estimate of drug-likeness (QED) is 0.275. The van der Waals surface area contributed by atoms with Crippen LogP contribution in [0.3, 0.4) is 0 Å². The highest BCUT2D eigenvalue weighted by molar-refractivity contribution is 5.99. The van der Waals surface area contributed by atoms with E-state index in [1.54, 1.807) is 19.2 Å². The molecule has 3 aromatic rings. The predicted molar refractivity (Wildman–Crippen MR) is 129 cm³/mol. The van der Waals surface area contributed by atoms with Crippen LogP contribution in [0.2, 0.25) is 0 Å². The summed E-state index contributed by atoms with van der Waals surface area (Å²) in [5.41, 5.74) is 3.73. The predicted octanol–water partition coefficient (Wildman–Crippen LogP) is 4.35. The number of hydrogen-bond donors (Lipinski definition) is 0. The van der Waals surface area contributed by atoms with E-state index in [4.69, 9.17) is 9.47 Å². The summed E-state index contributed by atoms with van der Waals surface area (Å²) in [5, 5.41) is 9.52. The lowest BCUT2D eigenvalue weighted by Gasteiger charge is -2.17. The standard InChI is InChI=1S/C27H26FN3O4/c1-18-12-21(19(2)31(18)24-8-10-25(34-4)11-9-24)14-22(15-29)27(33)35-17-26(32)30(3)16-20-6-5-7-23(28)13-20/h5-14H,16-17H2,1-4H3/b22-14+. The average Bonchev–Trinajstić information content (AvgIpc) is 3.13. The summed E-state index contributed by atoms with van der Waals surface area (Å²) in [5.74, 6) is -1.03. The van der Waals surface area contributed by atoms with Gasteiger partial charge in [0.1, 0.15) is 23.2 Å². The summed E-state index contributed by atoms with van der Waals surface area (Å²) in [6, 6.07) is 17.1. The molecule has 0 saturated carbocycles. The fourth-order valence-electron chi connectivity index (χ4n) is 3.67. The van der Waals surface area contributed by atoms with E-state index in [1.165, 1.54) is 30.2 Å². The van der Waals surface area contributed by atoms with Gasteiger partial charge in [0, 0.05) is 30.7 Å². The number of rotatable bonds is 8. The normalized spacial score (nSPS) is 11.0. The highest BCUT2D eigenvalue weighted by atomic mass is 19.1. The molecule has 1 aromatic heterocycles. The number of nitriles is 1. The van der Waals surface area contributed by atoms with Crippen molar-refractivity contribution < 1.29 is 23.5 Å². The second-order valence-electron chi connectivity index (χ2n) is 7.99. The van der Waals surface area contributed by atoms with Gasteiger partial charge in [0.25, 0.3) is 5.91 Å². The van der Waals surface area contributed by atoms with Crippen LogP contribution >= 0.6 is 0 Å². The molecule has 35 heavy (non-hydrogen) atoms. The molecule has 0 aliphatic rings. The van der Waals surface area contributed by atoms with Crippen molar-refractivity contribution in [3.8, 4) is 17.5 Å². The summed E-state index contributed by atoms with van der Waals surface area (Å²) < 4.78 is 25.6. The number of carbonyl (C=O) groups is 2. The maximum atomic E-state index is 13.3. The molecule has 0 aliphatic heterocycles. The summed E-state index contributed by atoms with van der Waals surface area (Å²) in [7, 11) is 3.12. The van der Waals surface area contributed by atoms with Crippen molar-refractivity contribution in [1.29, 1.82) is 5.26 Å². The highest BCUT2D eigenvalue weighted by Crippen LogP contribution is 2.24. The Morgan fingerprint density at radius 3 is 2.49 bits per heavy atom. The Labute approximate surface area is 203 Å². The van der Waals surface area contributed by atoms with Gasteiger partial charge in [0.05, 0.1) is 7.11 Å². The van der Waals surface area contributed by atoms with E-state index >= 15 is 0 Å². The van der Waals surface area contributed by atoms with Crippen LogP contribution in [0.5, 0.6) is 5.75 Å². The summed E-state index contributed by atoms with van der Waals surface area (Å²) in [6.45, 7) is 3.43. The van der Waals surface area contributed by atoms with Crippen LogP contribution in [0, 0.1) is 31.0 Å². The number of esters is 1. The third-order valence-corrected chi connectivity index (χ3v) is 5.50. The summed E-state index contributed by atoms with van der Waals surface area (Å²) in [6.07, 6.45) is 1.45. The number of hydrogen-bond acceptors (Lipinski definition) is 5. The topological polar surface area (TPSA) is 84.6 Å². The molecule has 0 fully saturated rings. The van der Waals surface area contributed by atoms with E-state index in [2.05, 4.69) is 0 Å². The Morgan fingerprint density at radius 1 is 1.14 bits per heavy atom. The molecule has 0 unspecified atom stereocenters. The van der Waals surface area contributed by atoms with Crippen LogP contribution in [0.1, 0.15) is 22.5 Å². The van der Waals surface area contributed by atoms with Gasteiger partial charge >= 0.3 is 5.97 Å². The molecule has 1 heterocycles. The molecule has 0 saturated heterocycles. The van der Waals surface area contributed by atoms with E-state index in [1.807, 2.05) is 54.8 Å². The molecule has 7 nitrogen and oxygen atoms in total. The van der Waals surface area contributed by atoms with Crippen LogP contribution in [-0.4, -0.2) is 42.1 Å². The van der Waals surface area contributed by atoms with Gasteiger partial charge in [-0.15, -0.1) is 0 Å². The maximum absolute atomic E-state index is 13.3. The second kappa shape index (κ2) is 11.2. The molecule has 0 aliphatic carbocycles. The number of likely N-dealkylation sites (N-methyl/N-ethyl adjacent to an activating group) is 1. The molecule has 8 heteroatoms. The Morgan fingerprint density at radius 2 is 1.86 bits per heavy atom. The zero-order valence-corrected chi connectivity index (χ0v) is 20.0. The van der Waals surface area contributed by atoms with Crippen molar-refractivity contribution in [1.82, 2.24) is 9.47 Å². The highest BCUT2D eigenvalue weighted by Gasteiger charge is 2.18. The molecule has 0 atom stereocenters.